The van der Waals surface area contributed by atoms with E-state index in [9.17, 15) is 4.79 Å². The van der Waals surface area contributed by atoms with Crippen molar-refractivity contribution in [2.24, 2.45) is 0 Å². The zero-order chi connectivity index (χ0) is 10.6. The van der Waals surface area contributed by atoms with Crippen molar-refractivity contribution in [1.82, 2.24) is 0 Å². The minimum absolute atomic E-state index is 0.184. The van der Waals surface area contributed by atoms with Crippen LogP contribution < -0.4 is 0 Å². The van der Waals surface area contributed by atoms with Crippen molar-refractivity contribution in [3.63, 3.8) is 0 Å². The van der Waals surface area contributed by atoms with E-state index in [1.807, 2.05) is 18.2 Å². The van der Waals surface area contributed by atoms with E-state index in [-0.39, 0.29) is 5.78 Å². The number of rotatable bonds is 4. The van der Waals surface area contributed by atoms with Crippen LogP contribution in [0.2, 0.25) is 0 Å². The molecule has 1 nitrogen and oxygen atoms in total. The predicted molar refractivity (Wildman–Crippen MR) is 66.3 cm³/mol. The number of alkyl halides is 1. The van der Waals surface area contributed by atoms with Gasteiger partial charge in [0, 0.05) is 21.8 Å². The fourth-order valence-electron chi connectivity index (χ4n) is 1.29. The van der Waals surface area contributed by atoms with Gasteiger partial charge >= 0.3 is 0 Å². The van der Waals surface area contributed by atoms with Crippen molar-refractivity contribution in [1.29, 1.82) is 0 Å². The molecular formula is C11H12Br2O. The van der Waals surface area contributed by atoms with Gasteiger partial charge in [-0.05, 0) is 27.9 Å². The molecule has 0 atom stereocenters. The fraction of sp³-hybridized carbons (Fsp3) is 0.364. The van der Waals surface area contributed by atoms with Gasteiger partial charge in [0.1, 0.15) is 0 Å². The van der Waals surface area contributed by atoms with E-state index in [4.69, 9.17) is 0 Å². The van der Waals surface area contributed by atoms with Gasteiger partial charge < -0.3 is 0 Å². The molecule has 76 valence electrons. The second kappa shape index (κ2) is 5.66. The first-order chi connectivity index (χ1) is 6.70. The Hall–Kier alpha value is -0.150. The van der Waals surface area contributed by atoms with E-state index < -0.39 is 0 Å². The summed E-state index contributed by atoms with van der Waals surface area (Å²) in [7, 11) is 0. The van der Waals surface area contributed by atoms with E-state index in [2.05, 4.69) is 38.8 Å². The molecule has 1 aromatic carbocycles. The Bertz CT molecular complexity index is 334. The van der Waals surface area contributed by atoms with Gasteiger partial charge in [-0.1, -0.05) is 41.1 Å². The predicted octanol–water partition coefficient (Wildman–Crippen LogP) is 3.98. The molecule has 0 amide bonds. The molecule has 1 aromatic rings. The van der Waals surface area contributed by atoms with Crippen molar-refractivity contribution in [3.05, 3.63) is 33.8 Å². The van der Waals surface area contributed by atoms with Gasteiger partial charge in [0.15, 0.2) is 5.78 Å². The Balaban J connectivity index is 3.03. The van der Waals surface area contributed by atoms with E-state index in [1.54, 1.807) is 0 Å². The molecule has 0 saturated carbocycles. The summed E-state index contributed by atoms with van der Waals surface area (Å²) in [5.74, 6) is 0.184. The van der Waals surface area contributed by atoms with Crippen LogP contribution in [0, 0.1) is 0 Å². The largest absolute Gasteiger partial charge is 0.294 e. The molecule has 0 spiro atoms. The Morgan fingerprint density at radius 2 is 2.14 bits per heavy atom. The van der Waals surface area contributed by atoms with Gasteiger partial charge in [-0.25, -0.2) is 0 Å². The van der Waals surface area contributed by atoms with E-state index >= 15 is 0 Å². The molecular weight excluding hydrogens is 308 g/mol. The van der Waals surface area contributed by atoms with Crippen molar-refractivity contribution in [2.75, 3.05) is 5.33 Å². The zero-order valence-corrected chi connectivity index (χ0v) is 11.2. The quantitative estimate of drug-likeness (QED) is 0.606. The highest BCUT2D eigenvalue weighted by Gasteiger charge is 2.10. The van der Waals surface area contributed by atoms with Crippen molar-refractivity contribution in [2.45, 2.75) is 19.8 Å². The summed E-state index contributed by atoms with van der Waals surface area (Å²) in [5, 5.41) is 0.717. The van der Waals surface area contributed by atoms with Crippen LogP contribution in [0.4, 0.5) is 0 Å². The average Bonchev–Trinajstić information content (AvgIpc) is 2.18. The van der Waals surface area contributed by atoms with Crippen LogP contribution in [-0.2, 0) is 6.42 Å². The fourth-order valence-corrected chi connectivity index (χ4v) is 2.41. The average molecular weight is 320 g/mol. The van der Waals surface area contributed by atoms with Crippen LogP contribution in [0.25, 0.3) is 0 Å². The van der Waals surface area contributed by atoms with Crippen LogP contribution >= 0.6 is 31.9 Å². The number of hydrogen-bond acceptors (Lipinski definition) is 1. The van der Waals surface area contributed by atoms with Gasteiger partial charge in [-0.15, -0.1) is 0 Å². The van der Waals surface area contributed by atoms with Crippen LogP contribution in [0.15, 0.2) is 22.7 Å². The third-order valence-electron chi connectivity index (χ3n) is 2.08. The van der Waals surface area contributed by atoms with Crippen molar-refractivity contribution >= 4 is 37.6 Å². The molecule has 14 heavy (non-hydrogen) atoms. The maximum atomic E-state index is 11.7. The SMILES string of the molecule is CCc1cccc(C(=O)CCBr)c1Br. The van der Waals surface area contributed by atoms with Crippen LogP contribution in [0.3, 0.4) is 0 Å². The lowest BCUT2D eigenvalue weighted by atomic mass is 10.0. The minimum Gasteiger partial charge on any atom is -0.294 e. The maximum absolute atomic E-state index is 11.7. The summed E-state index contributed by atoms with van der Waals surface area (Å²) in [6, 6.07) is 5.84. The summed E-state index contributed by atoms with van der Waals surface area (Å²) < 4.78 is 0.952. The van der Waals surface area contributed by atoms with E-state index in [0.29, 0.717) is 11.8 Å². The highest BCUT2D eigenvalue weighted by Crippen LogP contribution is 2.23. The lowest BCUT2D eigenvalue weighted by Crippen LogP contribution is -2.02. The number of carbonyl (C=O) groups is 1. The first-order valence-corrected chi connectivity index (χ1v) is 6.48. The Morgan fingerprint density at radius 1 is 1.43 bits per heavy atom. The smallest absolute Gasteiger partial charge is 0.164 e. The highest BCUT2D eigenvalue weighted by atomic mass is 79.9. The van der Waals surface area contributed by atoms with Crippen molar-refractivity contribution in [3.8, 4) is 0 Å². The molecule has 0 aliphatic rings. The maximum Gasteiger partial charge on any atom is 0.164 e. The van der Waals surface area contributed by atoms with Gasteiger partial charge in [-0.3, -0.25) is 4.79 Å². The Morgan fingerprint density at radius 3 is 2.71 bits per heavy atom. The number of carbonyl (C=O) groups excluding carboxylic acids is 1. The van der Waals surface area contributed by atoms with Gasteiger partial charge in [0.05, 0.1) is 0 Å². The minimum atomic E-state index is 0.184. The first kappa shape index (κ1) is 11.9. The highest BCUT2D eigenvalue weighted by molar-refractivity contribution is 9.10. The monoisotopic (exact) mass is 318 g/mol. The van der Waals surface area contributed by atoms with Crippen molar-refractivity contribution < 1.29 is 4.79 Å². The molecule has 0 aliphatic carbocycles. The second-order valence-electron chi connectivity index (χ2n) is 2.99. The van der Waals surface area contributed by atoms with Crippen LogP contribution in [0.5, 0.6) is 0 Å². The Labute approximate surface area is 101 Å². The number of halogens is 2. The zero-order valence-electron chi connectivity index (χ0n) is 8.02. The normalized spacial score (nSPS) is 10.2. The lowest BCUT2D eigenvalue weighted by Gasteiger charge is -2.06. The summed E-state index contributed by atoms with van der Waals surface area (Å²) >= 11 is 6.75. The van der Waals surface area contributed by atoms with Gasteiger partial charge in [0.25, 0.3) is 0 Å². The summed E-state index contributed by atoms with van der Waals surface area (Å²) in [5.41, 5.74) is 1.98. The standard InChI is InChI=1S/C11H12Br2O/c1-2-8-4-3-5-9(11(8)13)10(14)6-7-12/h3-5H,2,6-7H2,1H3. The Kier molecular flexibility index (Phi) is 4.82. The number of hydrogen-bond donors (Lipinski definition) is 0. The van der Waals surface area contributed by atoms with Crippen LogP contribution in [-0.4, -0.2) is 11.1 Å². The molecule has 0 aliphatic heterocycles. The third-order valence-corrected chi connectivity index (χ3v) is 3.41. The molecule has 0 saturated heterocycles. The molecule has 0 fully saturated rings. The van der Waals surface area contributed by atoms with Gasteiger partial charge in [0.2, 0.25) is 0 Å². The summed E-state index contributed by atoms with van der Waals surface area (Å²) in [6.45, 7) is 2.08. The number of aryl methyl sites for hydroxylation is 1. The lowest BCUT2D eigenvalue weighted by molar-refractivity contribution is 0.0989. The van der Waals surface area contributed by atoms with Crippen LogP contribution in [0.1, 0.15) is 29.3 Å². The molecule has 0 radical (unpaired) electrons. The molecule has 0 unspecified atom stereocenters. The van der Waals surface area contributed by atoms with E-state index in [0.717, 1.165) is 16.5 Å². The topological polar surface area (TPSA) is 17.1 Å². The molecule has 0 heterocycles. The first-order valence-electron chi connectivity index (χ1n) is 4.57. The molecule has 3 heteroatoms. The molecule has 1 rings (SSSR count). The number of Topliss-reactive ketones (excluding diaryl/α,β-unsaturated/α-hetero) is 1. The summed E-state index contributed by atoms with van der Waals surface area (Å²) in [6.07, 6.45) is 1.49. The molecule has 0 aromatic heterocycles. The second-order valence-corrected chi connectivity index (χ2v) is 4.58. The third kappa shape index (κ3) is 2.67. The number of benzene rings is 1. The number of ketones is 1. The van der Waals surface area contributed by atoms with E-state index in [1.165, 1.54) is 5.56 Å². The summed E-state index contributed by atoms with van der Waals surface area (Å²) in [4.78, 5) is 11.7. The molecule has 0 N–H and O–H groups in total. The molecule has 0 bridgehead atoms. The van der Waals surface area contributed by atoms with Gasteiger partial charge in [-0.2, -0.15) is 0 Å².